The number of benzene rings is 1. The van der Waals surface area contributed by atoms with E-state index in [1.807, 2.05) is 0 Å². The number of halogens is 4. The lowest BCUT2D eigenvalue weighted by Crippen LogP contribution is -2.23. The van der Waals surface area contributed by atoms with Gasteiger partial charge in [-0.3, -0.25) is 0 Å². The lowest BCUT2D eigenvalue weighted by atomic mass is 10.0. The minimum atomic E-state index is -4.64. The first-order valence-electron chi connectivity index (χ1n) is 6.43. The highest BCUT2D eigenvalue weighted by Gasteiger charge is 2.40. The topological polar surface area (TPSA) is 12.0 Å². The van der Waals surface area contributed by atoms with Crippen molar-refractivity contribution in [2.24, 2.45) is 5.41 Å². The highest BCUT2D eigenvalue weighted by Crippen LogP contribution is 2.47. The summed E-state index contributed by atoms with van der Waals surface area (Å²) >= 11 is 0. The molecule has 1 aromatic rings. The van der Waals surface area contributed by atoms with Crippen molar-refractivity contribution in [2.75, 3.05) is 6.54 Å². The minimum Gasteiger partial charge on any atom is -0.312 e. The van der Waals surface area contributed by atoms with Crippen LogP contribution in [0.3, 0.4) is 0 Å². The third-order valence-electron chi connectivity index (χ3n) is 3.87. The Labute approximate surface area is 110 Å². The largest absolute Gasteiger partial charge is 0.419 e. The molecule has 0 bridgehead atoms. The van der Waals surface area contributed by atoms with E-state index >= 15 is 0 Å². The Morgan fingerprint density at radius 1 is 1.26 bits per heavy atom. The van der Waals surface area contributed by atoms with Gasteiger partial charge < -0.3 is 5.32 Å². The molecule has 5 heteroatoms. The zero-order chi connectivity index (χ0) is 14.1. The molecule has 0 aliphatic heterocycles. The molecule has 0 heterocycles. The van der Waals surface area contributed by atoms with Gasteiger partial charge in [0.05, 0.1) is 5.56 Å². The van der Waals surface area contributed by atoms with Crippen LogP contribution in [0.5, 0.6) is 0 Å². The van der Waals surface area contributed by atoms with E-state index in [1.54, 1.807) is 0 Å². The predicted octanol–water partition coefficient (Wildman–Crippen LogP) is 4.12. The van der Waals surface area contributed by atoms with Crippen molar-refractivity contribution in [2.45, 2.75) is 38.9 Å². The molecule has 1 aliphatic carbocycles. The van der Waals surface area contributed by atoms with Crippen LogP contribution >= 0.6 is 0 Å². The van der Waals surface area contributed by atoms with Crippen LogP contribution in [0.25, 0.3) is 0 Å². The summed E-state index contributed by atoms with van der Waals surface area (Å²) in [6.45, 7) is 3.27. The Kier molecular flexibility index (Phi) is 3.85. The highest BCUT2D eigenvalue weighted by atomic mass is 19.4. The molecule has 1 aromatic carbocycles. The fourth-order valence-corrected chi connectivity index (χ4v) is 2.20. The van der Waals surface area contributed by atoms with Gasteiger partial charge in [0, 0.05) is 13.1 Å². The average Bonchev–Trinajstić information content (AvgIpc) is 3.10. The summed E-state index contributed by atoms with van der Waals surface area (Å²) in [6.07, 6.45) is -1.21. The third-order valence-corrected chi connectivity index (χ3v) is 3.87. The fraction of sp³-hybridized carbons (Fsp3) is 0.571. The first-order chi connectivity index (χ1) is 8.86. The molecule has 1 fully saturated rings. The standard InChI is InChI=1S/C14H17F4N/c1-2-13(5-6-13)9-19-8-10-3-4-12(15)11(7-10)14(16,17)18/h3-4,7,19H,2,5-6,8-9H2,1H3. The average molecular weight is 275 g/mol. The second-order valence-electron chi connectivity index (χ2n) is 5.27. The molecule has 0 amide bonds. The molecule has 19 heavy (non-hydrogen) atoms. The summed E-state index contributed by atoms with van der Waals surface area (Å²) in [5.74, 6) is -1.22. The normalized spacial score (nSPS) is 17.5. The molecule has 1 N–H and O–H groups in total. The maximum Gasteiger partial charge on any atom is 0.419 e. The van der Waals surface area contributed by atoms with Gasteiger partial charge in [0.1, 0.15) is 5.82 Å². The van der Waals surface area contributed by atoms with Crippen molar-refractivity contribution in [3.63, 3.8) is 0 Å². The summed E-state index contributed by atoms with van der Waals surface area (Å²) in [5, 5.41) is 3.16. The van der Waals surface area contributed by atoms with Crippen LogP contribution in [-0.2, 0) is 12.7 Å². The van der Waals surface area contributed by atoms with E-state index in [2.05, 4.69) is 12.2 Å². The molecular weight excluding hydrogens is 258 g/mol. The van der Waals surface area contributed by atoms with Gasteiger partial charge in [-0.2, -0.15) is 13.2 Å². The Balaban J connectivity index is 1.97. The first kappa shape index (κ1) is 14.3. The number of hydrogen-bond acceptors (Lipinski definition) is 1. The van der Waals surface area contributed by atoms with Gasteiger partial charge in [0.25, 0.3) is 0 Å². The number of rotatable bonds is 5. The van der Waals surface area contributed by atoms with Crippen LogP contribution in [0, 0.1) is 11.2 Å². The van der Waals surface area contributed by atoms with E-state index in [0.717, 1.165) is 25.1 Å². The summed E-state index contributed by atoms with van der Waals surface area (Å²) in [7, 11) is 0. The Morgan fingerprint density at radius 3 is 2.47 bits per heavy atom. The summed E-state index contributed by atoms with van der Waals surface area (Å²) < 4.78 is 50.7. The van der Waals surface area contributed by atoms with Crippen molar-refractivity contribution >= 4 is 0 Å². The maximum absolute atomic E-state index is 13.1. The first-order valence-corrected chi connectivity index (χ1v) is 6.43. The van der Waals surface area contributed by atoms with E-state index in [0.29, 0.717) is 17.5 Å². The molecule has 0 spiro atoms. The monoisotopic (exact) mass is 275 g/mol. The van der Waals surface area contributed by atoms with Crippen molar-refractivity contribution in [3.05, 3.63) is 35.1 Å². The van der Waals surface area contributed by atoms with E-state index in [4.69, 9.17) is 0 Å². The van der Waals surface area contributed by atoms with Gasteiger partial charge in [-0.25, -0.2) is 4.39 Å². The van der Waals surface area contributed by atoms with E-state index in [-0.39, 0.29) is 0 Å². The summed E-state index contributed by atoms with van der Waals surface area (Å²) in [6, 6.07) is 3.16. The summed E-state index contributed by atoms with van der Waals surface area (Å²) in [4.78, 5) is 0. The second kappa shape index (κ2) is 5.12. The van der Waals surface area contributed by atoms with Crippen molar-refractivity contribution < 1.29 is 17.6 Å². The second-order valence-corrected chi connectivity index (χ2v) is 5.27. The summed E-state index contributed by atoms with van der Waals surface area (Å²) in [5.41, 5.74) is -0.392. The van der Waals surface area contributed by atoms with Crippen molar-refractivity contribution in [1.82, 2.24) is 5.32 Å². The zero-order valence-corrected chi connectivity index (χ0v) is 10.8. The molecule has 0 aromatic heterocycles. The van der Waals surface area contributed by atoms with E-state index in [1.165, 1.54) is 18.9 Å². The number of alkyl halides is 3. The predicted molar refractivity (Wildman–Crippen MR) is 65.1 cm³/mol. The third kappa shape index (κ3) is 3.47. The van der Waals surface area contributed by atoms with E-state index in [9.17, 15) is 17.6 Å². The molecular formula is C14H17F4N. The molecule has 1 nitrogen and oxygen atoms in total. The van der Waals surface area contributed by atoms with Crippen LogP contribution < -0.4 is 5.32 Å². The van der Waals surface area contributed by atoms with E-state index < -0.39 is 17.6 Å². The van der Waals surface area contributed by atoms with Crippen molar-refractivity contribution in [1.29, 1.82) is 0 Å². The quantitative estimate of drug-likeness (QED) is 0.797. The Hall–Kier alpha value is -1.10. The SMILES string of the molecule is CCC1(CNCc2ccc(F)c(C(F)(F)F)c2)CC1. The number of hydrogen-bond donors (Lipinski definition) is 1. The molecule has 1 aliphatic rings. The van der Waals surface area contributed by atoms with Gasteiger partial charge in [-0.05, 0) is 42.4 Å². The molecule has 2 rings (SSSR count). The number of nitrogens with one attached hydrogen (secondary N) is 1. The maximum atomic E-state index is 13.1. The van der Waals surface area contributed by atoms with Gasteiger partial charge in [0.2, 0.25) is 0 Å². The highest BCUT2D eigenvalue weighted by molar-refractivity contribution is 5.27. The zero-order valence-electron chi connectivity index (χ0n) is 10.8. The minimum absolute atomic E-state index is 0.338. The van der Waals surface area contributed by atoms with Crippen LogP contribution in [-0.4, -0.2) is 6.54 Å². The lowest BCUT2D eigenvalue weighted by molar-refractivity contribution is -0.140. The van der Waals surface area contributed by atoms with Crippen LogP contribution in [0.4, 0.5) is 17.6 Å². The molecule has 0 unspecified atom stereocenters. The Morgan fingerprint density at radius 2 is 1.95 bits per heavy atom. The molecule has 106 valence electrons. The fourth-order valence-electron chi connectivity index (χ4n) is 2.20. The van der Waals surface area contributed by atoms with Crippen LogP contribution in [0.15, 0.2) is 18.2 Å². The molecule has 0 atom stereocenters. The van der Waals surface area contributed by atoms with Crippen molar-refractivity contribution in [3.8, 4) is 0 Å². The molecule has 0 radical (unpaired) electrons. The molecule has 1 saturated carbocycles. The lowest BCUT2D eigenvalue weighted by Gasteiger charge is -2.14. The van der Waals surface area contributed by atoms with Gasteiger partial charge >= 0.3 is 6.18 Å². The smallest absolute Gasteiger partial charge is 0.312 e. The van der Waals surface area contributed by atoms with Gasteiger partial charge in [-0.15, -0.1) is 0 Å². The van der Waals surface area contributed by atoms with Crippen LogP contribution in [0.2, 0.25) is 0 Å². The van der Waals surface area contributed by atoms with Gasteiger partial charge in [0.15, 0.2) is 0 Å². The van der Waals surface area contributed by atoms with Gasteiger partial charge in [-0.1, -0.05) is 13.0 Å². The molecule has 0 saturated heterocycles. The Bertz CT molecular complexity index is 449. The van der Waals surface area contributed by atoms with Crippen LogP contribution in [0.1, 0.15) is 37.3 Å².